The summed E-state index contributed by atoms with van der Waals surface area (Å²) in [6.07, 6.45) is 0. The molecule has 1 atom stereocenters. The molecule has 0 fully saturated rings. The Bertz CT molecular complexity index is 531. The van der Waals surface area contributed by atoms with Gasteiger partial charge in [0.25, 0.3) is 5.91 Å². The second kappa shape index (κ2) is 4.78. The summed E-state index contributed by atoms with van der Waals surface area (Å²) in [6, 6.07) is 4.89. The van der Waals surface area contributed by atoms with Gasteiger partial charge in [-0.05, 0) is 25.1 Å². The van der Waals surface area contributed by atoms with Gasteiger partial charge in [-0.3, -0.25) is 9.79 Å². The Morgan fingerprint density at radius 2 is 2.17 bits per heavy atom. The van der Waals surface area contributed by atoms with E-state index in [1.54, 1.807) is 32.0 Å². The second-order valence-electron chi connectivity index (χ2n) is 4.25. The number of carbonyl (C=O) groups is 1. The molecule has 0 spiro atoms. The van der Waals surface area contributed by atoms with Gasteiger partial charge in [0.15, 0.2) is 5.90 Å². The second-order valence-corrected chi connectivity index (χ2v) is 5.07. The van der Waals surface area contributed by atoms with Crippen molar-refractivity contribution in [2.24, 2.45) is 4.99 Å². The average Bonchev–Trinajstić information content (AvgIpc) is 2.65. The van der Waals surface area contributed by atoms with Gasteiger partial charge in [0.1, 0.15) is 0 Å². The number of anilines is 1. The minimum atomic E-state index is -0.962. The Labute approximate surface area is 115 Å². The van der Waals surface area contributed by atoms with Crippen molar-refractivity contribution in [1.82, 2.24) is 0 Å². The average molecular weight is 287 g/mol. The van der Waals surface area contributed by atoms with Crippen molar-refractivity contribution in [1.29, 1.82) is 0 Å². The number of aliphatic imine (C=N–C) groups is 1. The number of halogens is 2. The fourth-order valence-corrected chi connectivity index (χ4v) is 1.91. The molecule has 1 aromatic rings. The SMILES string of the molecule is CC1=NCC(C)(C(=O)Nc2ccc(Cl)c(Cl)c2)O1. The number of carbonyl (C=O) groups excluding carboxylic acids is 1. The maximum atomic E-state index is 12.1. The zero-order valence-electron chi connectivity index (χ0n) is 9.96. The van der Waals surface area contributed by atoms with Crippen LogP contribution in [0.5, 0.6) is 0 Å². The summed E-state index contributed by atoms with van der Waals surface area (Å²) in [4.78, 5) is 16.2. The number of ether oxygens (including phenoxy) is 1. The molecule has 0 saturated heterocycles. The molecule has 1 aliphatic heterocycles. The number of hydrogen-bond acceptors (Lipinski definition) is 3. The lowest BCUT2D eigenvalue weighted by Gasteiger charge is -2.22. The van der Waals surface area contributed by atoms with Crippen LogP contribution in [0.4, 0.5) is 5.69 Å². The minimum absolute atomic E-state index is 0.263. The van der Waals surface area contributed by atoms with Gasteiger partial charge in [-0.25, -0.2) is 0 Å². The van der Waals surface area contributed by atoms with Gasteiger partial charge < -0.3 is 10.1 Å². The van der Waals surface area contributed by atoms with Gasteiger partial charge in [-0.1, -0.05) is 23.2 Å². The van der Waals surface area contributed by atoms with Gasteiger partial charge in [0.2, 0.25) is 5.60 Å². The molecule has 0 bridgehead atoms. The lowest BCUT2D eigenvalue weighted by molar-refractivity contribution is -0.128. The van der Waals surface area contributed by atoms with Gasteiger partial charge in [0, 0.05) is 12.6 Å². The quantitative estimate of drug-likeness (QED) is 0.908. The summed E-state index contributed by atoms with van der Waals surface area (Å²) >= 11 is 11.7. The fourth-order valence-electron chi connectivity index (χ4n) is 1.61. The molecule has 1 amide bonds. The van der Waals surface area contributed by atoms with Crippen molar-refractivity contribution in [3.8, 4) is 0 Å². The molecule has 1 heterocycles. The maximum Gasteiger partial charge on any atom is 0.270 e. The molecule has 6 heteroatoms. The molecule has 1 aliphatic rings. The molecule has 0 aromatic heterocycles. The zero-order valence-corrected chi connectivity index (χ0v) is 11.5. The Hall–Kier alpha value is -1.26. The van der Waals surface area contributed by atoms with Crippen molar-refractivity contribution >= 4 is 40.7 Å². The molecular formula is C12H12Cl2N2O2. The first kappa shape index (κ1) is 13.2. The van der Waals surface area contributed by atoms with Gasteiger partial charge in [-0.15, -0.1) is 0 Å². The lowest BCUT2D eigenvalue weighted by Crippen LogP contribution is -2.43. The third-order valence-electron chi connectivity index (χ3n) is 2.63. The summed E-state index contributed by atoms with van der Waals surface area (Å²) < 4.78 is 5.42. The first-order valence-electron chi connectivity index (χ1n) is 5.37. The molecule has 18 heavy (non-hydrogen) atoms. The topological polar surface area (TPSA) is 50.7 Å². The minimum Gasteiger partial charge on any atom is -0.463 e. The number of nitrogens with one attached hydrogen (secondary N) is 1. The van der Waals surface area contributed by atoms with Gasteiger partial charge in [-0.2, -0.15) is 0 Å². The molecule has 0 radical (unpaired) electrons. The van der Waals surface area contributed by atoms with E-state index >= 15 is 0 Å². The smallest absolute Gasteiger partial charge is 0.270 e. The van der Waals surface area contributed by atoms with Crippen LogP contribution in [0.1, 0.15) is 13.8 Å². The van der Waals surface area contributed by atoms with Crippen molar-refractivity contribution in [3.63, 3.8) is 0 Å². The molecule has 2 rings (SSSR count). The largest absolute Gasteiger partial charge is 0.463 e. The Morgan fingerprint density at radius 3 is 2.72 bits per heavy atom. The van der Waals surface area contributed by atoms with E-state index in [9.17, 15) is 4.79 Å². The van der Waals surface area contributed by atoms with Crippen molar-refractivity contribution in [3.05, 3.63) is 28.2 Å². The lowest BCUT2D eigenvalue weighted by atomic mass is 10.1. The number of amides is 1. The first-order valence-corrected chi connectivity index (χ1v) is 6.13. The van der Waals surface area contributed by atoms with Crippen LogP contribution >= 0.6 is 23.2 Å². The highest BCUT2D eigenvalue weighted by Gasteiger charge is 2.39. The maximum absolute atomic E-state index is 12.1. The summed E-state index contributed by atoms with van der Waals surface area (Å²) in [5.74, 6) is 0.253. The highest BCUT2D eigenvalue weighted by atomic mass is 35.5. The molecule has 1 N–H and O–H groups in total. The van der Waals surface area contributed by atoms with Crippen LogP contribution in [0.3, 0.4) is 0 Å². The normalized spacial score (nSPS) is 22.3. The predicted molar refractivity (Wildman–Crippen MR) is 72.6 cm³/mol. The summed E-state index contributed by atoms with van der Waals surface area (Å²) in [5, 5.41) is 3.56. The molecule has 96 valence electrons. The van der Waals surface area contributed by atoms with Crippen LogP contribution in [-0.4, -0.2) is 24.0 Å². The number of rotatable bonds is 2. The Morgan fingerprint density at radius 1 is 1.44 bits per heavy atom. The van der Waals surface area contributed by atoms with Gasteiger partial charge >= 0.3 is 0 Å². The molecule has 0 saturated carbocycles. The van der Waals surface area contributed by atoms with E-state index < -0.39 is 5.60 Å². The van der Waals surface area contributed by atoms with E-state index in [2.05, 4.69) is 10.3 Å². The number of benzene rings is 1. The van der Waals surface area contributed by atoms with E-state index in [1.165, 1.54) is 0 Å². The molecule has 1 aromatic carbocycles. The van der Waals surface area contributed by atoms with Crippen molar-refractivity contribution in [2.75, 3.05) is 11.9 Å². The number of nitrogens with zero attached hydrogens (tertiary/aromatic N) is 1. The van der Waals surface area contributed by atoms with Crippen LogP contribution in [0, 0.1) is 0 Å². The summed E-state index contributed by atoms with van der Waals surface area (Å²) in [6.45, 7) is 3.73. The molecule has 4 nitrogen and oxygen atoms in total. The number of hydrogen-bond donors (Lipinski definition) is 1. The summed E-state index contributed by atoms with van der Waals surface area (Å²) in [5.41, 5.74) is -0.389. The Balaban J connectivity index is 2.10. The van der Waals surface area contributed by atoms with Crippen LogP contribution in [0.25, 0.3) is 0 Å². The van der Waals surface area contributed by atoms with E-state index in [0.29, 0.717) is 28.2 Å². The Kier molecular flexibility index (Phi) is 3.50. The van der Waals surface area contributed by atoms with Crippen LogP contribution in [0.2, 0.25) is 10.0 Å². The fraction of sp³-hybridized carbons (Fsp3) is 0.333. The first-order chi connectivity index (χ1) is 8.40. The van der Waals surface area contributed by atoms with Crippen molar-refractivity contribution < 1.29 is 9.53 Å². The third kappa shape index (κ3) is 2.60. The monoisotopic (exact) mass is 286 g/mol. The van der Waals surface area contributed by atoms with E-state index in [4.69, 9.17) is 27.9 Å². The summed E-state index contributed by atoms with van der Waals surface area (Å²) in [7, 11) is 0. The van der Waals surface area contributed by atoms with E-state index in [1.807, 2.05) is 0 Å². The molecular weight excluding hydrogens is 275 g/mol. The standard InChI is InChI=1S/C12H12Cl2N2O2/c1-7-15-6-12(2,18-7)11(17)16-8-3-4-9(13)10(14)5-8/h3-5H,6H2,1-2H3,(H,16,17). The van der Waals surface area contributed by atoms with Crippen molar-refractivity contribution in [2.45, 2.75) is 19.4 Å². The van der Waals surface area contributed by atoms with Crippen LogP contribution < -0.4 is 5.32 Å². The zero-order chi connectivity index (χ0) is 13.3. The molecule has 0 aliphatic carbocycles. The van der Waals surface area contributed by atoms with Crippen LogP contribution in [0.15, 0.2) is 23.2 Å². The third-order valence-corrected chi connectivity index (χ3v) is 3.37. The van der Waals surface area contributed by atoms with Crippen LogP contribution in [-0.2, 0) is 9.53 Å². The molecule has 1 unspecified atom stereocenters. The highest BCUT2D eigenvalue weighted by molar-refractivity contribution is 6.42. The van der Waals surface area contributed by atoms with E-state index in [0.717, 1.165) is 0 Å². The van der Waals surface area contributed by atoms with Gasteiger partial charge in [0.05, 0.1) is 16.6 Å². The van der Waals surface area contributed by atoms with E-state index in [-0.39, 0.29) is 5.91 Å². The highest BCUT2D eigenvalue weighted by Crippen LogP contribution is 2.26. The predicted octanol–water partition coefficient (Wildman–Crippen LogP) is 3.14.